The first-order chi connectivity index (χ1) is 14.0. The molecular weight excluding hydrogens is 382 g/mol. The number of hydrogen-bond acceptors (Lipinski definition) is 6. The van der Waals surface area contributed by atoms with E-state index in [2.05, 4.69) is 15.1 Å². The van der Waals surface area contributed by atoms with Crippen LogP contribution in [0.25, 0.3) is 11.4 Å². The molecule has 3 aromatic heterocycles. The Balaban J connectivity index is 1.52. The zero-order chi connectivity index (χ0) is 20.4. The van der Waals surface area contributed by atoms with Crippen molar-refractivity contribution in [3.8, 4) is 17.1 Å². The van der Waals surface area contributed by atoms with Crippen LogP contribution in [0.3, 0.4) is 0 Å². The van der Waals surface area contributed by atoms with E-state index >= 15 is 0 Å². The van der Waals surface area contributed by atoms with Crippen molar-refractivity contribution in [2.24, 2.45) is 5.73 Å². The molecule has 0 spiro atoms. The lowest BCUT2D eigenvalue weighted by Crippen LogP contribution is -2.26. The van der Waals surface area contributed by atoms with Gasteiger partial charge in [0, 0.05) is 12.6 Å². The molecule has 1 unspecified atom stereocenters. The predicted molar refractivity (Wildman–Crippen MR) is 99.6 cm³/mol. The molecule has 8 nitrogen and oxygen atoms in total. The van der Waals surface area contributed by atoms with Gasteiger partial charge in [0.1, 0.15) is 23.9 Å². The summed E-state index contributed by atoms with van der Waals surface area (Å²) in [5, 5.41) is 11.5. The number of ether oxygens (including phenoxy) is 2. The fourth-order valence-electron chi connectivity index (χ4n) is 2.92. The number of nitrogens with two attached hydrogens (primary N) is 1. The number of amidine groups is 1. The van der Waals surface area contributed by atoms with Crippen LogP contribution in [0.1, 0.15) is 35.9 Å². The van der Waals surface area contributed by atoms with E-state index in [9.17, 15) is 8.78 Å². The minimum atomic E-state index is -2.67. The summed E-state index contributed by atoms with van der Waals surface area (Å²) in [6.45, 7) is 0.800. The van der Waals surface area contributed by atoms with E-state index in [-0.39, 0.29) is 29.9 Å². The van der Waals surface area contributed by atoms with Gasteiger partial charge in [0.15, 0.2) is 6.23 Å². The normalized spacial score (nSPS) is 15.9. The van der Waals surface area contributed by atoms with Gasteiger partial charge in [-0.05, 0) is 29.8 Å². The van der Waals surface area contributed by atoms with E-state index in [0.717, 1.165) is 11.8 Å². The Morgan fingerprint density at radius 3 is 2.76 bits per heavy atom. The molecule has 4 heterocycles. The second kappa shape index (κ2) is 7.92. The van der Waals surface area contributed by atoms with Crippen molar-refractivity contribution >= 4 is 5.84 Å². The third-order valence-corrected chi connectivity index (χ3v) is 4.49. The number of hydrogen-bond donors (Lipinski definition) is 2. The lowest BCUT2D eigenvalue weighted by molar-refractivity contribution is -0.105. The van der Waals surface area contributed by atoms with Crippen LogP contribution in [-0.2, 0) is 11.3 Å². The van der Waals surface area contributed by atoms with Crippen LogP contribution < -0.4 is 10.5 Å². The molecule has 0 amide bonds. The van der Waals surface area contributed by atoms with Crippen molar-refractivity contribution in [1.29, 1.82) is 5.41 Å². The molecule has 0 aliphatic carbocycles. The van der Waals surface area contributed by atoms with Gasteiger partial charge in [-0.1, -0.05) is 0 Å². The lowest BCUT2D eigenvalue weighted by Gasteiger charge is -2.28. The highest BCUT2D eigenvalue weighted by Crippen LogP contribution is 2.35. The highest BCUT2D eigenvalue weighted by molar-refractivity contribution is 5.93. The number of pyridine rings is 2. The van der Waals surface area contributed by atoms with Crippen LogP contribution in [0.4, 0.5) is 8.78 Å². The fourth-order valence-corrected chi connectivity index (χ4v) is 2.92. The monoisotopic (exact) mass is 400 g/mol. The van der Waals surface area contributed by atoms with Crippen molar-refractivity contribution in [3.63, 3.8) is 0 Å². The molecule has 1 saturated heterocycles. The van der Waals surface area contributed by atoms with Gasteiger partial charge in [-0.3, -0.25) is 15.4 Å². The van der Waals surface area contributed by atoms with Crippen LogP contribution >= 0.6 is 0 Å². The largest absolute Gasteiger partial charge is 0.487 e. The van der Waals surface area contributed by atoms with Gasteiger partial charge in [-0.25, -0.2) is 13.5 Å². The Labute approximate surface area is 164 Å². The summed E-state index contributed by atoms with van der Waals surface area (Å²) in [5.74, 6) is 0.347. The molecule has 1 fully saturated rings. The summed E-state index contributed by atoms with van der Waals surface area (Å²) < 4.78 is 39.4. The van der Waals surface area contributed by atoms with Gasteiger partial charge in [0.05, 0.1) is 36.0 Å². The standard InChI is InChI=1S/C19H18F2N6O2/c20-18(21)13-9-26-27(16-4-6-28-16)17(13)14-2-1-12(8-25-14)29-10-11-3-5-24-15(7-11)19(22)23/h1-3,5,7-9,16,18H,4,6,10H2,(H3,22,23). The average molecular weight is 400 g/mol. The summed E-state index contributed by atoms with van der Waals surface area (Å²) in [5.41, 5.74) is 7.01. The second-order valence-electron chi connectivity index (χ2n) is 6.44. The van der Waals surface area contributed by atoms with E-state index in [1.165, 1.54) is 10.9 Å². The predicted octanol–water partition coefficient (Wildman–Crippen LogP) is 3.06. The fraction of sp³-hybridized carbons (Fsp3) is 0.263. The van der Waals surface area contributed by atoms with Gasteiger partial charge in [-0.15, -0.1) is 0 Å². The summed E-state index contributed by atoms with van der Waals surface area (Å²) in [6, 6.07) is 6.68. The van der Waals surface area contributed by atoms with E-state index in [1.807, 2.05) is 0 Å². The van der Waals surface area contributed by atoms with Crippen LogP contribution in [0.15, 0.2) is 42.9 Å². The Morgan fingerprint density at radius 1 is 1.31 bits per heavy atom. The number of rotatable bonds is 7. The molecule has 29 heavy (non-hydrogen) atoms. The quantitative estimate of drug-likeness (QED) is 0.466. The van der Waals surface area contributed by atoms with Crippen LogP contribution in [0, 0.1) is 5.41 Å². The van der Waals surface area contributed by atoms with Crippen molar-refractivity contribution in [2.75, 3.05) is 6.61 Å². The van der Waals surface area contributed by atoms with Gasteiger partial charge < -0.3 is 15.2 Å². The zero-order valence-corrected chi connectivity index (χ0v) is 15.3. The highest BCUT2D eigenvalue weighted by atomic mass is 19.3. The molecule has 1 aliphatic rings. The molecule has 10 heteroatoms. The van der Waals surface area contributed by atoms with Crippen molar-refractivity contribution in [3.05, 3.63) is 59.7 Å². The first-order valence-electron chi connectivity index (χ1n) is 8.88. The molecule has 1 atom stereocenters. The third-order valence-electron chi connectivity index (χ3n) is 4.49. The SMILES string of the molecule is N=C(N)c1cc(COc2ccc(-c3c(C(F)F)cnn3C3CCO3)nc2)ccn1. The molecule has 0 bridgehead atoms. The zero-order valence-electron chi connectivity index (χ0n) is 15.3. The van der Waals surface area contributed by atoms with Crippen LogP contribution in [0.2, 0.25) is 0 Å². The number of nitrogens with one attached hydrogen (secondary N) is 1. The number of nitrogens with zero attached hydrogens (tertiary/aromatic N) is 4. The average Bonchev–Trinajstić information content (AvgIpc) is 3.10. The van der Waals surface area contributed by atoms with Gasteiger partial charge in [0.2, 0.25) is 0 Å². The molecule has 150 valence electrons. The van der Waals surface area contributed by atoms with Crippen LogP contribution in [0.5, 0.6) is 5.75 Å². The Bertz CT molecular complexity index is 1020. The lowest BCUT2D eigenvalue weighted by atomic mass is 10.1. The van der Waals surface area contributed by atoms with Crippen molar-refractivity contribution < 1.29 is 18.3 Å². The first-order valence-corrected chi connectivity index (χ1v) is 8.88. The number of aromatic nitrogens is 4. The topological polar surface area (TPSA) is 112 Å². The molecule has 3 N–H and O–H groups in total. The second-order valence-corrected chi connectivity index (χ2v) is 6.44. The molecule has 3 aromatic rings. The smallest absolute Gasteiger partial charge is 0.267 e. The minimum Gasteiger partial charge on any atom is -0.487 e. The van der Waals surface area contributed by atoms with Gasteiger partial charge >= 0.3 is 0 Å². The molecule has 4 rings (SSSR count). The maximum atomic E-state index is 13.4. The maximum Gasteiger partial charge on any atom is 0.267 e. The number of alkyl halides is 2. The van der Waals surface area contributed by atoms with E-state index < -0.39 is 6.43 Å². The van der Waals surface area contributed by atoms with E-state index in [1.54, 1.807) is 30.5 Å². The molecule has 0 radical (unpaired) electrons. The van der Waals surface area contributed by atoms with Gasteiger partial charge in [-0.2, -0.15) is 5.10 Å². The number of halogens is 2. The van der Waals surface area contributed by atoms with Gasteiger partial charge in [0.25, 0.3) is 6.43 Å². The molecular formula is C19H18F2N6O2. The molecule has 1 aliphatic heterocycles. The summed E-state index contributed by atoms with van der Waals surface area (Å²) >= 11 is 0. The van der Waals surface area contributed by atoms with Crippen molar-refractivity contribution in [1.82, 2.24) is 19.7 Å². The first kappa shape index (κ1) is 18.9. The van der Waals surface area contributed by atoms with Crippen LogP contribution in [-0.4, -0.2) is 32.2 Å². The third kappa shape index (κ3) is 3.92. The van der Waals surface area contributed by atoms with E-state index in [4.69, 9.17) is 20.6 Å². The number of nitrogen functional groups attached to an aromatic ring is 1. The molecule has 0 saturated carbocycles. The van der Waals surface area contributed by atoms with Crippen molar-refractivity contribution in [2.45, 2.75) is 25.7 Å². The Kier molecular flexibility index (Phi) is 5.17. The minimum absolute atomic E-state index is 0.125. The Hall–Kier alpha value is -3.40. The summed E-state index contributed by atoms with van der Waals surface area (Å²) in [4.78, 5) is 8.28. The molecule has 0 aromatic carbocycles. The maximum absolute atomic E-state index is 13.4. The van der Waals surface area contributed by atoms with E-state index in [0.29, 0.717) is 30.2 Å². The summed E-state index contributed by atoms with van der Waals surface area (Å²) in [7, 11) is 0. The summed E-state index contributed by atoms with van der Waals surface area (Å²) in [6.07, 6.45) is 1.87. The Morgan fingerprint density at radius 2 is 2.14 bits per heavy atom. The highest BCUT2D eigenvalue weighted by Gasteiger charge is 2.29.